The average molecular weight is 587 g/mol. The number of rotatable bonds is 12. The normalized spacial score (nSPS) is 12.4. The minimum Gasteiger partial charge on any atom is -0.332 e. The van der Waals surface area contributed by atoms with Gasteiger partial charge in [0.1, 0.15) is 0 Å². The maximum Gasteiger partial charge on any atom is 0.289 e. The second-order valence-electron chi connectivity index (χ2n) is 8.32. The number of thiocarbonyl (C=S) groups is 2. The van der Waals surface area contributed by atoms with Gasteiger partial charge in [-0.2, -0.15) is 0 Å². The molecule has 0 heterocycles. The molecule has 0 fully saturated rings. The molecule has 0 atom stereocenters. The molecule has 8 nitrogen and oxygen atoms in total. The Hall–Kier alpha value is -0.260. The van der Waals surface area contributed by atoms with Crippen LogP contribution in [-0.4, -0.2) is 34.6 Å². The Kier molecular flexibility index (Phi) is 13.5. The molecule has 0 saturated heterocycles. The monoisotopic (exact) mass is 586 g/mol. The molecular formula is C20H36N4O4P2S4. The molecule has 1 aromatic carbocycles. The minimum atomic E-state index is -2.78. The van der Waals surface area contributed by atoms with Gasteiger partial charge in [-0.3, -0.25) is 10.2 Å². The zero-order valence-corrected chi connectivity index (χ0v) is 25.8. The topological polar surface area (TPSA) is 85.0 Å². The fourth-order valence-corrected chi connectivity index (χ4v) is 9.53. The third kappa shape index (κ3) is 13.2. The lowest BCUT2D eigenvalue weighted by Gasteiger charge is -2.28. The number of nitrogens with one attached hydrogen (secondary N) is 4. The number of anilines is 2. The van der Waals surface area contributed by atoms with E-state index in [4.69, 9.17) is 66.1 Å². The van der Waals surface area contributed by atoms with E-state index in [2.05, 4.69) is 20.8 Å². The summed E-state index contributed by atoms with van der Waals surface area (Å²) in [6, 6.07) is 7.39. The second kappa shape index (κ2) is 14.5. The van der Waals surface area contributed by atoms with Crippen molar-refractivity contribution in [2.45, 2.75) is 79.8 Å². The molecule has 0 amide bonds. The lowest BCUT2D eigenvalue weighted by Crippen LogP contribution is -2.30. The summed E-state index contributed by atoms with van der Waals surface area (Å²) in [5.41, 5.74) is 1.52. The number of hydrogen-bond acceptors (Lipinski definition) is 8. The highest BCUT2D eigenvalue weighted by atomic mass is 32.5. The standard InChI is InChI=1S/C20H36N4O4P2S4/c1-13(2)25-29(33,26-14(3)4)23-19(31)21-17-9-11-18(12-10-17)22-20(32)24-30(34,27-15(5)6)28-16(7)8/h9-16H,1-8H3,(H2,21,23,31,33)(H2,22,24,32,34). The van der Waals surface area contributed by atoms with Crippen LogP contribution in [0.2, 0.25) is 0 Å². The first kappa shape index (κ1) is 31.8. The van der Waals surface area contributed by atoms with Gasteiger partial charge < -0.3 is 28.7 Å². The van der Waals surface area contributed by atoms with Gasteiger partial charge in [0.15, 0.2) is 10.2 Å². The Morgan fingerprint density at radius 3 is 1.03 bits per heavy atom. The fourth-order valence-electron chi connectivity index (χ4n) is 2.47. The minimum absolute atomic E-state index is 0.101. The molecule has 0 spiro atoms. The van der Waals surface area contributed by atoms with E-state index in [1.165, 1.54) is 0 Å². The molecular weight excluding hydrogens is 550 g/mol. The first-order valence-corrected chi connectivity index (χ1v) is 16.9. The summed E-state index contributed by atoms with van der Waals surface area (Å²) in [5, 5.41) is 12.9. The summed E-state index contributed by atoms with van der Waals surface area (Å²) < 4.78 is 23.3. The van der Waals surface area contributed by atoms with Crippen LogP contribution in [0.25, 0.3) is 0 Å². The Labute approximate surface area is 225 Å². The van der Waals surface area contributed by atoms with Gasteiger partial charge in [-0.15, -0.1) is 0 Å². The van der Waals surface area contributed by atoms with E-state index >= 15 is 0 Å². The summed E-state index contributed by atoms with van der Waals surface area (Å²) in [6.45, 7) is 9.62. The van der Waals surface area contributed by atoms with Gasteiger partial charge in [-0.1, -0.05) is 0 Å². The van der Waals surface area contributed by atoms with Gasteiger partial charge in [-0.05, 0) is 128 Å². The molecule has 0 aliphatic heterocycles. The van der Waals surface area contributed by atoms with Crippen molar-refractivity contribution in [3.05, 3.63) is 24.3 Å². The second-order valence-corrected chi connectivity index (χ2v) is 15.3. The van der Waals surface area contributed by atoms with E-state index in [0.29, 0.717) is 10.2 Å². The van der Waals surface area contributed by atoms with Crippen LogP contribution in [0.4, 0.5) is 11.4 Å². The maximum atomic E-state index is 5.81. The third-order valence-electron chi connectivity index (χ3n) is 3.28. The maximum absolute atomic E-state index is 5.81. The van der Waals surface area contributed by atoms with Gasteiger partial charge >= 0.3 is 0 Å². The van der Waals surface area contributed by atoms with Gasteiger partial charge in [0.2, 0.25) is 0 Å². The van der Waals surface area contributed by atoms with Crippen LogP contribution in [0.1, 0.15) is 55.4 Å². The van der Waals surface area contributed by atoms with Crippen molar-refractivity contribution < 1.29 is 18.1 Å². The van der Waals surface area contributed by atoms with E-state index in [1.54, 1.807) is 0 Å². The van der Waals surface area contributed by atoms with Gasteiger partial charge in [-0.25, -0.2) is 0 Å². The zero-order chi connectivity index (χ0) is 26.1. The lowest BCUT2D eigenvalue weighted by atomic mass is 10.3. The molecule has 0 bridgehead atoms. The van der Waals surface area contributed by atoms with E-state index < -0.39 is 13.3 Å². The predicted octanol–water partition coefficient (Wildman–Crippen LogP) is 6.41. The van der Waals surface area contributed by atoms with Crippen LogP contribution < -0.4 is 20.8 Å². The van der Waals surface area contributed by atoms with Crippen LogP contribution in [0, 0.1) is 0 Å². The summed E-state index contributed by atoms with van der Waals surface area (Å²) in [4.78, 5) is 0. The van der Waals surface area contributed by atoms with Crippen molar-refractivity contribution in [2.75, 3.05) is 10.6 Å². The van der Waals surface area contributed by atoms with E-state index in [1.807, 2.05) is 79.7 Å². The molecule has 194 valence electrons. The van der Waals surface area contributed by atoms with Crippen molar-refractivity contribution >= 4 is 82.9 Å². The molecule has 0 aliphatic carbocycles. The fraction of sp³-hybridized carbons (Fsp3) is 0.600. The molecule has 0 aliphatic rings. The Morgan fingerprint density at radius 2 is 0.824 bits per heavy atom. The number of benzene rings is 1. The smallest absolute Gasteiger partial charge is 0.289 e. The predicted molar refractivity (Wildman–Crippen MR) is 159 cm³/mol. The average Bonchev–Trinajstić information content (AvgIpc) is 2.59. The van der Waals surface area contributed by atoms with Crippen molar-refractivity contribution in [3.8, 4) is 0 Å². The van der Waals surface area contributed by atoms with Gasteiger partial charge in [0.05, 0.1) is 24.4 Å². The molecule has 1 rings (SSSR count). The SMILES string of the molecule is CC(C)OP(=S)(NC(=S)Nc1ccc(NC(=S)NP(=S)(OC(C)C)OC(C)C)cc1)OC(C)C. The Morgan fingerprint density at radius 1 is 0.588 bits per heavy atom. The first-order valence-electron chi connectivity index (χ1n) is 10.8. The van der Waals surface area contributed by atoms with Crippen LogP contribution in [0.3, 0.4) is 0 Å². The van der Waals surface area contributed by atoms with Gasteiger partial charge in [0.25, 0.3) is 13.3 Å². The number of hydrogen-bond donors (Lipinski definition) is 4. The van der Waals surface area contributed by atoms with Crippen molar-refractivity contribution in [1.82, 2.24) is 10.2 Å². The van der Waals surface area contributed by atoms with E-state index in [-0.39, 0.29) is 24.4 Å². The van der Waals surface area contributed by atoms with Crippen LogP contribution >= 0.6 is 37.7 Å². The molecule has 0 aromatic heterocycles. The van der Waals surface area contributed by atoms with Crippen LogP contribution in [0.15, 0.2) is 24.3 Å². The van der Waals surface area contributed by atoms with Crippen LogP contribution in [-0.2, 0) is 41.7 Å². The van der Waals surface area contributed by atoms with Crippen molar-refractivity contribution in [2.24, 2.45) is 0 Å². The third-order valence-corrected chi connectivity index (χ3v) is 9.36. The summed E-state index contributed by atoms with van der Waals surface area (Å²) in [7, 11) is 0. The molecule has 0 radical (unpaired) electrons. The van der Waals surface area contributed by atoms with E-state index in [0.717, 1.165) is 11.4 Å². The van der Waals surface area contributed by atoms with E-state index in [9.17, 15) is 0 Å². The molecule has 4 N–H and O–H groups in total. The largest absolute Gasteiger partial charge is 0.332 e. The van der Waals surface area contributed by atoms with Crippen molar-refractivity contribution in [3.63, 3.8) is 0 Å². The van der Waals surface area contributed by atoms with Crippen LogP contribution in [0.5, 0.6) is 0 Å². The van der Waals surface area contributed by atoms with Crippen molar-refractivity contribution in [1.29, 1.82) is 0 Å². The molecule has 0 unspecified atom stereocenters. The molecule has 34 heavy (non-hydrogen) atoms. The summed E-state index contributed by atoms with van der Waals surface area (Å²) in [5.74, 6) is 0. The Bertz CT molecular complexity index is 813. The molecule has 0 saturated carbocycles. The summed E-state index contributed by atoms with van der Waals surface area (Å²) in [6.07, 6.45) is -0.404. The highest BCUT2D eigenvalue weighted by molar-refractivity contribution is 8.09. The molecule has 14 heteroatoms. The van der Waals surface area contributed by atoms with Gasteiger partial charge in [0, 0.05) is 11.4 Å². The Balaban J connectivity index is 2.76. The zero-order valence-electron chi connectivity index (χ0n) is 20.8. The highest BCUT2D eigenvalue weighted by Crippen LogP contribution is 2.47. The molecule has 1 aromatic rings. The quantitative estimate of drug-likeness (QED) is 0.161. The summed E-state index contributed by atoms with van der Waals surface area (Å²) >= 11 is 22.0. The highest BCUT2D eigenvalue weighted by Gasteiger charge is 2.25. The lowest BCUT2D eigenvalue weighted by molar-refractivity contribution is 0.171. The first-order chi connectivity index (χ1) is 15.6.